The Bertz CT molecular complexity index is 500. The minimum absolute atomic E-state index is 0.234. The number of nitrogens with two attached hydrogens (primary N) is 1. The highest BCUT2D eigenvalue weighted by molar-refractivity contribution is 5.59. The van der Waals surface area contributed by atoms with E-state index in [0.29, 0.717) is 11.3 Å². The van der Waals surface area contributed by atoms with Gasteiger partial charge in [0.25, 0.3) is 0 Å². The molecule has 0 aliphatic heterocycles. The molecule has 5 heteroatoms. The molecule has 76 valence electrons. The summed E-state index contributed by atoms with van der Waals surface area (Å²) in [7, 11) is 0. The first-order valence-electron chi connectivity index (χ1n) is 4.20. The molecule has 0 radical (unpaired) electrons. The van der Waals surface area contributed by atoms with Gasteiger partial charge < -0.3 is 5.73 Å². The van der Waals surface area contributed by atoms with Crippen molar-refractivity contribution in [1.82, 2.24) is 9.97 Å². The smallest absolute Gasteiger partial charge is 0.159 e. The van der Waals surface area contributed by atoms with Gasteiger partial charge in [0.1, 0.15) is 5.82 Å². The summed E-state index contributed by atoms with van der Waals surface area (Å²) in [6.07, 6.45) is 2.81. The van der Waals surface area contributed by atoms with Crippen molar-refractivity contribution >= 4 is 5.82 Å². The Balaban J connectivity index is 2.50. The molecule has 2 rings (SSSR count). The number of anilines is 1. The molecule has 0 spiro atoms. The Morgan fingerprint density at radius 2 is 1.87 bits per heavy atom. The molecule has 0 fully saturated rings. The van der Waals surface area contributed by atoms with Crippen LogP contribution in [-0.2, 0) is 0 Å². The number of nitrogens with zero attached hydrogens (tertiary/aromatic N) is 2. The van der Waals surface area contributed by atoms with Crippen molar-refractivity contribution in [1.29, 1.82) is 0 Å². The molecule has 0 bridgehead atoms. The molecule has 3 nitrogen and oxygen atoms in total. The van der Waals surface area contributed by atoms with E-state index in [1.807, 2.05) is 0 Å². The maximum absolute atomic E-state index is 12.9. The minimum atomic E-state index is -0.920. The van der Waals surface area contributed by atoms with Gasteiger partial charge in [0, 0.05) is 5.56 Å². The highest BCUT2D eigenvalue weighted by Crippen LogP contribution is 2.19. The molecule has 0 unspecified atom stereocenters. The third-order valence-electron chi connectivity index (χ3n) is 1.87. The Hall–Kier alpha value is -2.04. The number of benzene rings is 1. The first-order chi connectivity index (χ1) is 7.16. The van der Waals surface area contributed by atoms with Gasteiger partial charge in [-0.05, 0) is 18.2 Å². The highest BCUT2D eigenvalue weighted by Gasteiger charge is 2.05. The van der Waals surface area contributed by atoms with Crippen molar-refractivity contribution in [2.24, 2.45) is 0 Å². The standard InChI is InChI=1S/C10H7F2N3/c11-7-2-1-6(3-8(7)12)9-4-14-5-10(13)15-9/h1-5H,(H2,13,15). The zero-order valence-corrected chi connectivity index (χ0v) is 7.61. The van der Waals surface area contributed by atoms with Crippen molar-refractivity contribution in [3.63, 3.8) is 0 Å². The van der Waals surface area contributed by atoms with Gasteiger partial charge in [0.15, 0.2) is 11.6 Å². The normalized spacial score (nSPS) is 10.3. The molecular formula is C10H7F2N3. The molecule has 2 N–H and O–H groups in total. The lowest BCUT2D eigenvalue weighted by Gasteiger charge is -2.01. The van der Waals surface area contributed by atoms with Crippen molar-refractivity contribution < 1.29 is 8.78 Å². The summed E-state index contributed by atoms with van der Waals surface area (Å²) in [4.78, 5) is 7.75. The second-order valence-corrected chi connectivity index (χ2v) is 2.96. The molecule has 0 atom stereocenters. The van der Waals surface area contributed by atoms with Gasteiger partial charge in [0.05, 0.1) is 18.1 Å². The zero-order valence-electron chi connectivity index (χ0n) is 7.61. The van der Waals surface area contributed by atoms with Gasteiger partial charge in [-0.3, -0.25) is 4.98 Å². The molecule has 1 aromatic heterocycles. The first-order valence-corrected chi connectivity index (χ1v) is 4.20. The van der Waals surface area contributed by atoms with Crippen LogP contribution in [-0.4, -0.2) is 9.97 Å². The monoisotopic (exact) mass is 207 g/mol. The quantitative estimate of drug-likeness (QED) is 0.778. The fraction of sp³-hybridized carbons (Fsp3) is 0. The van der Waals surface area contributed by atoms with Crippen LogP contribution in [0.2, 0.25) is 0 Å². The number of rotatable bonds is 1. The van der Waals surface area contributed by atoms with Crippen molar-refractivity contribution in [2.75, 3.05) is 5.73 Å². The summed E-state index contributed by atoms with van der Waals surface area (Å²) in [6, 6.07) is 3.51. The summed E-state index contributed by atoms with van der Waals surface area (Å²) in [5.41, 5.74) is 6.27. The predicted octanol–water partition coefficient (Wildman–Crippen LogP) is 2.00. The van der Waals surface area contributed by atoms with Crippen LogP contribution < -0.4 is 5.73 Å². The molecule has 0 aliphatic carbocycles. The minimum Gasteiger partial charge on any atom is -0.382 e. The molecule has 0 saturated heterocycles. The summed E-state index contributed by atoms with van der Waals surface area (Å²) in [6.45, 7) is 0. The molecule has 0 amide bonds. The highest BCUT2D eigenvalue weighted by atomic mass is 19.2. The van der Waals surface area contributed by atoms with Crippen LogP contribution in [0.25, 0.3) is 11.3 Å². The third kappa shape index (κ3) is 1.90. The van der Waals surface area contributed by atoms with Crippen molar-refractivity contribution in [3.8, 4) is 11.3 Å². The van der Waals surface area contributed by atoms with Crippen molar-refractivity contribution in [2.45, 2.75) is 0 Å². The Kier molecular flexibility index (Phi) is 2.29. The van der Waals surface area contributed by atoms with Crippen LogP contribution in [0, 0.1) is 11.6 Å². The second kappa shape index (κ2) is 3.61. The van der Waals surface area contributed by atoms with Crippen LogP contribution in [0.3, 0.4) is 0 Å². The number of hydrogen-bond donors (Lipinski definition) is 1. The van der Waals surface area contributed by atoms with E-state index in [2.05, 4.69) is 9.97 Å². The molecule has 2 aromatic rings. The average molecular weight is 207 g/mol. The fourth-order valence-corrected chi connectivity index (χ4v) is 1.18. The zero-order chi connectivity index (χ0) is 10.8. The topological polar surface area (TPSA) is 51.8 Å². The summed E-state index contributed by atoms with van der Waals surface area (Å²) in [5.74, 6) is -1.58. The van der Waals surface area contributed by atoms with E-state index in [9.17, 15) is 8.78 Å². The average Bonchev–Trinajstić information content (AvgIpc) is 2.22. The SMILES string of the molecule is Nc1cncc(-c2ccc(F)c(F)c2)n1. The van der Waals surface area contributed by atoms with Gasteiger partial charge in [-0.15, -0.1) is 0 Å². The number of halogens is 2. The summed E-state index contributed by atoms with van der Waals surface area (Å²) >= 11 is 0. The molecule has 1 aromatic carbocycles. The van der Waals surface area contributed by atoms with Crippen LogP contribution >= 0.6 is 0 Å². The lowest BCUT2D eigenvalue weighted by molar-refractivity contribution is 0.509. The van der Waals surface area contributed by atoms with Crippen LogP contribution in [0.4, 0.5) is 14.6 Å². The van der Waals surface area contributed by atoms with Crippen LogP contribution in [0.1, 0.15) is 0 Å². The van der Waals surface area contributed by atoms with E-state index in [-0.39, 0.29) is 5.82 Å². The molecular weight excluding hydrogens is 200 g/mol. The van der Waals surface area contributed by atoms with E-state index < -0.39 is 11.6 Å². The third-order valence-corrected chi connectivity index (χ3v) is 1.87. The Morgan fingerprint density at radius 3 is 2.53 bits per heavy atom. The maximum atomic E-state index is 12.9. The van der Waals surface area contributed by atoms with E-state index in [1.54, 1.807) is 0 Å². The Labute approximate surface area is 84.6 Å². The van der Waals surface area contributed by atoms with E-state index in [1.165, 1.54) is 18.5 Å². The van der Waals surface area contributed by atoms with Gasteiger partial charge in [-0.2, -0.15) is 0 Å². The van der Waals surface area contributed by atoms with Gasteiger partial charge >= 0.3 is 0 Å². The predicted molar refractivity (Wildman–Crippen MR) is 51.8 cm³/mol. The van der Waals surface area contributed by atoms with Crippen molar-refractivity contribution in [3.05, 3.63) is 42.2 Å². The Morgan fingerprint density at radius 1 is 1.07 bits per heavy atom. The van der Waals surface area contributed by atoms with Gasteiger partial charge in [-0.1, -0.05) is 0 Å². The van der Waals surface area contributed by atoms with Gasteiger partial charge in [0.2, 0.25) is 0 Å². The lowest BCUT2D eigenvalue weighted by atomic mass is 10.1. The lowest BCUT2D eigenvalue weighted by Crippen LogP contribution is -1.94. The number of nitrogen functional groups attached to an aromatic ring is 1. The molecule has 15 heavy (non-hydrogen) atoms. The number of aromatic nitrogens is 2. The largest absolute Gasteiger partial charge is 0.382 e. The molecule has 1 heterocycles. The second-order valence-electron chi connectivity index (χ2n) is 2.96. The summed E-state index contributed by atoms with van der Waals surface area (Å²) < 4.78 is 25.6. The van der Waals surface area contributed by atoms with E-state index in [4.69, 9.17) is 5.73 Å². The van der Waals surface area contributed by atoms with E-state index >= 15 is 0 Å². The van der Waals surface area contributed by atoms with E-state index in [0.717, 1.165) is 12.1 Å². The fourth-order valence-electron chi connectivity index (χ4n) is 1.18. The molecule has 0 aliphatic rings. The van der Waals surface area contributed by atoms with Crippen LogP contribution in [0.5, 0.6) is 0 Å². The maximum Gasteiger partial charge on any atom is 0.159 e. The first kappa shape index (κ1) is 9.51. The van der Waals surface area contributed by atoms with Crippen LogP contribution in [0.15, 0.2) is 30.6 Å². The van der Waals surface area contributed by atoms with Gasteiger partial charge in [-0.25, -0.2) is 13.8 Å². The summed E-state index contributed by atoms with van der Waals surface area (Å²) in [5, 5.41) is 0. The molecule has 0 saturated carbocycles. The number of hydrogen-bond acceptors (Lipinski definition) is 3.